The number of carbonyl (C=O) groups is 3. The molecule has 7 N–H and O–H groups in total. The summed E-state index contributed by atoms with van der Waals surface area (Å²) in [5.74, 6) is -0.202. The zero-order valence-corrected chi connectivity index (χ0v) is 18.2. The van der Waals surface area contributed by atoms with Crippen molar-refractivity contribution < 1.29 is 19.5 Å². The minimum Gasteiger partial charge on any atom is -0.480 e. The van der Waals surface area contributed by atoms with Gasteiger partial charge in [-0.15, -0.1) is 0 Å². The first-order chi connectivity index (χ1) is 13.8. The Hall–Kier alpha value is -1.81. The van der Waals surface area contributed by atoms with Crippen molar-refractivity contribution in [3.63, 3.8) is 0 Å². The molecule has 1 amide bonds. The molecule has 0 aromatic carbocycles. The van der Waals surface area contributed by atoms with Crippen LogP contribution in [0.2, 0.25) is 0 Å². The number of guanidine groups is 1. The number of thiol groups is 1. The van der Waals surface area contributed by atoms with Crippen LogP contribution in [0.25, 0.3) is 0 Å². The van der Waals surface area contributed by atoms with Gasteiger partial charge in [-0.2, -0.15) is 12.6 Å². The molecule has 0 aliphatic carbocycles. The van der Waals surface area contributed by atoms with E-state index in [1.54, 1.807) is 0 Å². The molecule has 0 saturated carbocycles. The number of nitrogens with two attached hydrogens (primary N) is 2. The molecule has 0 aromatic heterocycles. The average molecular weight is 432 g/mol. The Morgan fingerprint density at radius 2 is 1.93 bits per heavy atom. The van der Waals surface area contributed by atoms with Crippen molar-refractivity contribution >= 4 is 36.8 Å². The lowest BCUT2D eigenvalue weighted by Gasteiger charge is -2.16. The number of hydrogen-bond acceptors (Lipinski definition) is 6. The number of carboxylic acid groups (broad SMARTS) is 1. The Kier molecular flexibility index (Phi) is 16.0. The van der Waals surface area contributed by atoms with Gasteiger partial charge in [-0.1, -0.05) is 13.3 Å². The Morgan fingerprint density at radius 1 is 1.21 bits per heavy atom. The van der Waals surface area contributed by atoms with Gasteiger partial charge in [0.1, 0.15) is 12.3 Å². The van der Waals surface area contributed by atoms with E-state index < -0.39 is 12.0 Å². The van der Waals surface area contributed by atoms with Crippen molar-refractivity contribution in [1.82, 2.24) is 10.6 Å². The second-order valence-corrected chi connectivity index (χ2v) is 7.68. The summed E-state index contributed by atoms with van der Waals surface area (Å²) in [5.41, 5.74) is 10.4. The minimum atomic E-state index is -1.06. The molecule has 9 nitrogen and oxygen atoms in total. The number of carbonyl (C=O) groups excluding carboxylic acids is 2. The van der Waals surface area contributed by atoms with Crippen LogP contribution in [0.4, 0.5) is 0 Å². The van der Waals surface area contributed by atoms with Gasteiger partial charge >= 0.3 is 5.97 Å². The first kappa shape index (κ1) is 27.2. The maximum absolute atomic E-state index is 12.0. The number of aliphatic carboxylic acids is 1. The van der Waals surface area contributed by atoms with Crippen LogP contribution >= 0.6 is 12.6 Å². The van der Waals surface area contributed by atoms with Gasteiger partial charge in [0.25, 0.3) is 0 Å². The molecule has 2 unspecified atom stereocenters. The quantitative estimate of drug-likeness (QED) is 0.0607. The fraction of sp³-hybridized carbons (Fsp3) is 0.789. The van der Waals surface area contributed by atoms with E-state index in [-0.39, 0.29) is 24.2 Å². The van der Waals surface area contributed by atoms with Crippen LogP contribution < -0.4 is 22.1 Å². The van der Waals surface area contributed by atoms with Crippen molar-refractivity contribution in [2.24, 2.45) is 28.3 Å². The molecule has 0 rings (SSSR count). The van der Waals surface area contributed by atoms with Gasteiger partial charge in [-0.25, -0.2) is 4.79 Å². The first-order valence-corrected chi connectivity index (χ1v) is 10.8. The molecular weight excluding hydrogens is 394 g/mol. The number of nitrogens with one attached hydrogen (secondary N) is 2. The monoisotopic (exact) mass is 431 g/mol. The van der Waals surface area contributed by atoms with Crippen molar-refractivity contribution in [3.8, 4) is 0 Å². The number of aldehydes is 1. The topological polar surface area (TPSA) is 160 Å². The third-order valence-electron chi connectivity index (χ3n) is 4.46. The van der Waals surface area contributed by atoms with Gasteiger partial charge in [0, 0.05) is 18.9 Å². The number of aliphatic imine (C=N–C) groups is 1. The first-order valence-electron chi connectivity index (χ1n) is 10.1. The highest BCUT2D eigenvalue weighted by atomic mass is 32.1. The van der Waals surface area contributed by atoms with E-state index in [1.165, 1.54) is 0 Å². The van der Waals surface area contributed by atoms with E-state index in [2.05, 4.69) is 28.3 Å². The van der Waals surface area contributed by atoms with Crippen LogP contribution in [-0.2, 0) is 14.4 Å². The van der Waals surface area contributed by atoms with E-state index in [4.69, 9.17) is 11.5 Å². The second kappa shape index (κ2) is 17.1. The van der Waals surface area contributed by atoms with Crippen molar-refractivity contribution in [1.29, 1.82) is 0 Å². The van der Waals surface area contributed by atoms with Crippen molar-refractivity contribution in [2.75, 3.05) is 25.4 Å². The zero-order valence-electron chi connectivity index (χ0n) is 17.3. The summed E-state index contributed by atoms with van der Waals surface area (Å²) < 4.78 is 0. The zero-order chi connectivity index (χ0) is 22.1. The molecule has 3 atom stereocenters. The molecular formula is C19H37N5O4S. The number of carboxylic acids is 1. The smallest absolute Gasteiger partial charge is 0.326 e. The van der Waals surface area contributed by atoms with Crippen LogP contribution in [-0.4, -0.2) is 60.7 Å². The maximum Gasteiger partial charge on any atom is 0.326 e. The lowest BCUT2D eigenvalue weighted by molar-refractivity contribution is -0.142. The van der Waals surface area contributed by atoms with Crippen LogP contribution in [0.1, 0.15) is 51.9 Å². The fourth-order valence-corrected chi connectivity index (χ4v) is 3.13. The van der Waals surface area contributed by atoms with Gasteiger partial charge in [0.2, 0.25) is 5.91 Å². The number of nitrogens with zero attached hydrogens (tertiary/aromatic N) is 1. The number of amides is 1. The second-order valence-electron chi connectivity index (χ2n) is 7.32. The van der Waals surface area contributed by atoms with E-state index in [0.717, 1.165) is 44.4 Å². The van der Waals surface area contributed by atoms with Gasteiger partial charge in [-0.3, -0.25) is 9.79 Å². The minimum absolute atomic E-state index is 0.0351. The van der Waals surface area contributed by atoms with Crippen molar-refractivity contribution in [3.05, 3.63) is 0 Å². The van der Waals surface area contributed by atoms with E-state index >= 15 is 0 Å². The molecule has 0 heterocycles. The fourth-order valence-electron chi connectivity index (χ4n) is 2.85. The number of rotatable bonds is 18. The molecule has 0 aliphatic rings. The van der Waals surface area contributed by atoms with E-state index in [9.17, 15) is 19.5 Å². The van der Waals surface area contributed by atoms with Gasteiger partial charge in [0.15, 0.2) is 5.96 Å². The SMILES string of the molecule is CC(C=O)CC(CS)CNCCCCCC(=O)N[C@@H](CCCN=C(N)N)C(=O)O. The molecule has 0 bridgehead atoms. The summed E-state index contributed by atoms with van der Waals surface area (Å²) in [6, 6.07) is -0.926. The number of unbranched alkanes of at least 4 members (excludes halogenated alkanes) is 2. The largest absolute Gasteiger partial charge is 0.480 e. The van der Waals surface area contributed by atoms with E-state index in [1.807, 2.05) is 6.92 Å². The Labute approximate surface area is 178 Å². The standard InChI is InChI=1S/C19H37N5O4S/c1-14(12-25)10-15(13-29)11-22-8-4-2-3-7-17(26)24-16(18(27)28)6-5-9-23-19(20)21/h12,14-16,22,29H,2-11,13H2,1H3,(H,24,26)(H,27,28)(H4,20,21,23)/t14?,15?,16-/m0/s1. The predicted octanol–water partition coefficient (Wildman–Crippen LogP) is 0.531. The summed E-state index contributed by atoms with van der Waals surface area (Å²) >= 11 is 4.33. The normalized spacial score (nSPS) is 13.9. The summed E-state index contributed by atoms with van der Waals surface area (Å²) in [7, 11) is 0. The predicted molar refractivity (Wildman–Crippen MR) is 118 cm³/mol. The molecule has 10 heteroatoms. The van der Waals surface area contributed by atoms with Gasteiger partial charge < -0.3 is 32.0 Å². The Balaban J connectivity index is 3.89. The summed E-state index contributed by atoms with van der Waals surface area (Å²) in [4.78, 5) is 37.7. The highest BCUT2D eigenvalue weighted by molar-refractivity contribution is 7.80. The Bertz CT molecular complexity index is 515. The Morgan fingerprint density at radius 3 is 2.52 bits per heavy atom. The molecule has 0 aliphatic heterocycles. The third-order valence-corrected chi connectivity index (χ3v) is 4.98. The van der Waals surface area contributed by atoms with Crippen molar-refractivity contribution in [2.45, 2.75) is 57.9 Å². The van der Waals surface area contributed by atoms with E-state index in [0.29, 0.717) is 31.7 Å². The molecule has 0 fully saturated rings. The summed E-state index contributed by atoms with van der Waals surface area (Å²) in [6.45, 7) is 3.90. The molecule has 0 aromatic rings. The number of hydrogen-bond donors (Lipinski definition) is 6. The molecule has 0 spiro atoms. The van der Waals surface area contributed by atoms with Crippen LogP contribution in [0.15, 0.2) is 4.99 Å². The average Bonchev–Trinajstić information content (AvgIpc) is 2.67. The molecule has 168 valence electrons. The van der Waals surface area contributed by atoms with Crippen LogP contribution in [0.3, 0.4) is 0 Å². The lowest BCUT2D eigenvalue weighted by Crippen LogP contribution is -2.40. The van der Waals surface area contributed by atoms with Gasteiger partial charge in [0.05, 0.1) is 0 Å². The molecule has 0 radical (unpaired) electrons. The lowest BCUT2D eigenvalue weighted by atomic mass is 9.98. The third kappa shape index (κ3) is 15.8. The molecule has 0 saturated heterocycles. The molecule has 29 heavy (non-hydrogen) atoms. The highest BCUT2D eigenvalue weighted by Gasteiger charge is 2.19. The van der Waals surface area contributed by atoms with Crippen LogP contribution in [0.5, 0.6) is 0 Å². The van der Waals surface area contributed by atoms with Gasteiger partial charge in [-0.05, 0) is 56.9 Å². The van der Waals surface area contributed by atoms with Crippen LogP contribution in [0, 0.1) is 11.8 Å². The maximum atomic E-state index is 12.0. The summed E-state index contributed by atoms with van der Waals surface area (Å²) in [6.07, 6.45) is 5.35. The highest BCUT2D eigenvalue weighted by Crippen LogP contribution is 2.11. The summed E-state index contributed by atoms with van der Waals surface area (Å²) in [5, 5.41) is 15.1.